The third kappa shape index (κ3) is 6.09. The summed E-state index contributed by atoms with van der Waals surface area (Å²) < 4.78 is 12.0. The molecule has 7 nitrogen and oxygen atoms in total. The van der Waals surface area contributed by atoms with Gasteiger partial charge >= 0.3 is 5.97 Å². The van der Waals surface area contributed by atoms with Gasteiger partial charge in [0.15, 0.2) is 6.23 Å². The predicted octanol–water partition coefficient (Wildman–Crippen LogP) is 5.06. The summed E-state index contributed by atoms with van der Waals surface area (Å²) >= 11 is 12.8. The monoisotopic (exact) mass is 509 g/mol. The number of carbonyl (C=O) groups excluding carboxylic acids is 1. The highest BCUT2D eigenvalue weighted by molar-refractivity contribution is 6.31. The predicted molar refractivity (Wildman–Crippen MR) is 130 cm³/mol. The van der Waals surface area contributed by atoms with Crippen molar-refractivity contribution in [3.63, 3.8) is 0 Å². The number of halogens is 2. The van der Waals surface area contributed by atoms with Crippen LogP contribution in [0.15, 0.2) is 42.5 Å². The van der Waals surface area contributed by atoms with E-state index >= 15 is 0 Å². The second-order valence-electron chi connectivity index (χ2n) is 9.67. The number of hydrogen-bond donors (Lipinski definition) is 2. The fourth-order valence-corrected chi connectivity index (χ4v) is 4.40. The molecule has 2 aromatic carbocycles. The number of fused-ring (bicyclic) bond motifs is 1. The van der Waals surface area contributed by atoms with E-state index in [0.29, 0.717) is 27.8 Å². The maximum Gasteiger partial charge on any atom is 0.364 e. The molecule has 1 unspecified atom stereocenters. The maximum absolute atomic E-state index is 11.9. The van der Waals surface area contributed by atoms with Crippen molar-refractivity contribution in [1.29, 1.82) is 0 Å². The summed E-state index contributed by atoms with van der Waals surface area (Å²) in [5, 5.41) is 21.4. The van der Waals surface area contributed by atoms with Gasteiger partial charge in [0.1, 0.15) is 11.9 Å². The van der Waals surface area contributed by atoms with Crippen LogP contribution in [0, 0.1) is 5.41 Å². The highest BCUT2D eigenvalue weighted by Crippen LogP contribution is 2.42. The molecule has 0 bridgehead atoms. The highest BCUT2D eigenvalue weighted by atomic mass is 35.5. The minimum absolute atomic E-state index is 0.105. The van der Waals surface area contributed by atoms with E-state index in [4.69, 9.17) is 32.7 Å². The van der Waals surface area contributed by atoms with Gasteiger partial charge in [0.05, 0.1) is 13.0 Å². The van der Waals surface area contributed by atoms with Crippen LogP contribution in [0.2, 0.25) is 10.0 Å². The first-order valence-corrected chi connectivity index (χ1v) is 11.6. The molecule has 3 atom stereocenters. The number of carboxylic acids is 1. The first-order chi connectivity index (χ1) is 15.8. The first-order valence-electron chi connectivity index (χ1n) is 10.9. The number of aliphatic hydroxyl groups is 1. The van der Waals surface area contributed by atoms with E-state index in [1.807, 2.05) is 49.9 Å². The van der Waals surface area contributed by atoms with Crippen molar-refractivity contribution in [2.45, 2.75) is 52.2 Å². The van der Waals surface area contributed by atoms with Crippen LogP contribution in [0.3, 0.4) is 0 Å². The lowest BCUT2D eigenvalue weighted by atomic mass is 9.94. The molecule has 0 fully saturated rings. The largest absolute Gasteiger partial charge is 0.477 e. The van der Waals surface area contributed by atoms with Crippen molar-refractivity contribution < 1.29 is 29.3 Å². The van der Waals surface area contributed by atoms with Crippen LogP contribution in [-0.4, -0.2) is 47.1 Å². The Kier molecular flexibility index (Phi) is 7.95. The van der Waals surface area contributed by atoms with Crippen molar-refractivity contribution in [2.75, 3.05) is 18.1 Å². The molecule has 0 amide bonds. The van der Waals surface area contributed by atoms with Gasteiger partial charge in [0.2, 0.25) is 0 Å². The molecule has 1 aliphatic rings. The van der Waals surface area contributed by atoms with Crippen LogP contribution in [0.5, 0.6) is 0 Å². The molecule has 184 valence electrons. The number of ether oxygens (including phenoxy) is 2. The molecule has 1 heterocycles. The third-order valence-corrected chi connectivity index (χ3v) is 5.90. The van der Waals surface area contributed by atoms with Crippen LogP contribution < -0.4 is 4.90 Å². The zero-order valence-corrected chi connectivity index (χ0v) is 21.1. The summed E-state index contributed by atoms with van der Waals surface area (Å²) in [7, 11) is 0. The van der Waals surface area contributed by atoms with Crippen LogP contribution in [0.25, 0.3) is 0 Å². The van der Waals surface area contributed by atoms with E-state index in [1.54, 1.807) is 18.2 Å². The summed E-state index contributed by atoms with van der Waals surface area (Å²) in [4.78, 5) is 25.5. The van der Waals surface area contributed by atoms with Gasteiger partial charge in [0, 0.05) is 33.4 Å². The minimum atomic E-state index is -2.72. The van der Waals surface area contributed by atoms with Crippen molar-refractivity contribution in [3.05, 3.63) is 63.6 Å². The summed E-state index contributed by atoms with van der Waals surface area (Å²) in [6.07, 6.45) is -2.35. The molecule has 0 aliphatic carbocycles. The minimum Gasteiger partial charge on any atom is -0.477 e. The van der Waals surface area contributed by atoms with Crippen molar-refractivity contribution >= 4 is 40.6 Å². The number of ketones is 1. The molecule has 0 radical (unpaired) electrons. The van der Waals surface area contributed by atoms with Gasteiger partial charge in [-0.25, -0.2) is 4.79 Å². The number of Topliss-reactive ketones (excluding diaryl/α,β-unsaturated/α-hetero) is 1. The Hall–Kier alpha value is -2.16. The molecule has 0 saturated heterocycles. The van der Waals surface area contributed by atoms with E-state index in [0.717, 1.165) is 5.56 Å². The Labute approximate surface area is 209 Å². The number of rotatable bonds is 7. The van der Waals surface area contributed by atoms with Crippen LogP contribution in [0.4, 0.5) is 5.69 Å². The average molecular weight is 510 g/mol. The van der Waals surface area contributed by atoms with Crippen molar-refractivity contribution in [1.82, 2.24) is 0 Å². The summed E-state index contributed by atoms with van der Waals surface area (Å²) in [5.74, 6) is -4.89. The van der Waals surface area contributed by atoms with Gasteiger partial charge in [0.25, 0.3) is 5.79 Å². The number of aliphatic carboxylic acids is 1. The Morgan fingerprint density at radius 3 is 2.41 bits per heavy atom. The van der Waals surface area contributed by atoms with Crippen LogP contribution >= 0.6 is 23.2 Å². The number of carbonyl (C=O) groups is 2. The number of anilines is 1. The lowest BCUT2D eigenvalue weighted by Crippen LogP contribution is -2.53. The second kappa shape index (κ2) is 10.2. The zero-order valence-electron chi connectivity index (χ0n) is 19.5. The van der Waals surface area contributed by atoms with Gasteiger partial charge in [-0.3, -0.25) is 4.79 Å². The number of hydrogen-bond acceptors (Lipinski definition) is 6. The topological polar surface area (TPSA) is 96.3 Å². The van der Waals surface area contributed by atoms with Crippen LogP contribution in [0.1, 0.15) is 51.3 Å². The first kappa shape index (κ1) is 26.4. The lowest BCUT2D eigenvalue weighted by Gasteiger charge is -2.39. The van der Waals surface area contributed by atoms with Crippen molar-refractivity contribution in [2.24, 2.45) is 5.41 Å². The Morgan fingerprint density at radius 2 is 1.82 bits per heavy atom. The lowest BCUT2D eigenvalue weighted by molar-refractivity contribution is -0.246. The van der Waals surface area contributed by atoms with Gasteiger partial charge in [-0.1, -0.05) is 62.2 Å². The number of carboxylic acid groups (broad SMARTS) is 1. The number of benzene rings is 2. The van der Waals surface area contributed by atoms with Crippen LogP contribution in [-0.2, 0) is 19.1 Å². The number of nitrogens with zero attached hydrogens (tertiary/aromatic N) is 1. The Balaban J connectivity index is 2.15. The van der Waals surface area contributed by atoms with E-state index in [9.17, 15) is 19.8 Å². The molecule has 34 heavy (non-hydrogen) atoms. The van der Waals surface area contributed by atoms with E-state index in [2.05, 4.69) is 0 Å². The normalized spacial score (nSPS) is 20.3. The fourth-order valence-electron chi connectivity index (χ4n) is 3.98. The Morgan fingerprint density at radius 1 is 1.15 bits per heavy atom. The highest BCUT2D eigenvalue weighted by Gasteiger charge is 2.45. The molecule has 0 spiro atoms. The smallest absolute Gasteiger partial charge is 0.364 e. The van der Waals surface area contributed by atoms with E-state index in [1.165, 1.54) is 6.92 Å². The van der Waals surface area contributed by atoms with E-state index < -0.39 is 36.3 Å². The summed E-state index contributed by atoms with van der Waals surface area (Å²) in [6, 6.07) is 12.6. The molecular formula is C25H29Cl2NO6. The molecule has 1 aliphatic heterocycles. The SMILES string of the molecule is CC(=O)C[C@](O)(OC1CO[C@@H](c2ccccc2Cl)c2cc(Cl)ccc2N1CC(C)(C)C)C(=O)O. The molecule has 9 heteroatoms. The molecule has 0 saturated carbocycles. The van der Waals surface area contributed by atoms with Gasteiger partial charge < -0.3 is 24.6 Å². The van der Waals surface area contributed by atoms with Gasteiger partial charge in [-0.05, 0) is 36.6 Å². The maximum atomic E-state index is 11.9. The molecule has 2 aromatic rings. The van der Waals surface area contributed by atoms with Crippen molar-refractivity contribution in [3.8, 4) is 0 Å². The standard InChI is InChI=1S/C25H29Cl2NO6/c1-15(29)12-25(32,23(30)31)34-21-13-33-22(17-7-5-6-8-19(17)27)18-11-16(26)9-10-20(18)28(21)14-24(2,3)4/h5-11,21-22,32H,12-14H2,1-4H3,(H,30,31)/t21?,22-,25-/m0/s1. The molecule has 0 aromatic heterocycles. The average Bonchev–Trinajstić information content (AvgIpc) is 2.84. The second-order valence-corrected chi connectivity index (χ2v) is 10.5. The molecular weight excluding hydrogens is 481 g/mol. The summed E-state index contributed by atoms with van der Waals surface area (Å²) in [6.45, 7) is 7.59. The zero-order chi connectivity index (χ0) is 25.3. The third-order valence-electron chi connectivity index (χ3n) is 5.32. The fraction of sp³-hybridized carbons (Fsp3) is 0.440. The summed E-state index contributed by atoms with van der Waals surface area (Å²) in [5.41, 5.74) is 1.88. The molecule has 2 N–H and O–H groups in total. The quantitative estimate of drug-likeness (QED) is 0.503. The van der Waals surface area contributed by atoms with Gasteiger partial charge in [-0.15, -0.1) is 0 Å². The molecule has 3 rings (SSSR count). The van der Waals surface area contributed by atoms with Gasteiger partial charge in [-0.2, -0.15) is 0 Å². The Bertz CT molecular complexity index is 1070. The van der Waals surface area contributed by atoms with E-state index in [-0.39, 0.29) is 12.0 Å².